The van der Waals surface area contributed by atoms with E-state index in [4.69, 9.17) is 9.47 Å². The Balaban J connectivity index is 1.60. The minimum atomic E-state index is -1.25. The van der Waals surface area contributed by atoms with Crippen LogP contribution in [-0.4, -0.2) is 57.0 Å². The number of Topliss-reactive ketones (excluding diaryl/α,β-unsaturated/α-hetero) is 1. The van der Waals surface area contributed by atoms with Crippen molar-refractivity contribution in [1.82, 2.24) is 4.98 Å². The van der Waals surface area contributed by atoms with Crippen LogP contribution in [0.2, 0.25) is 0 Å². The fraction of sp³-hybridized carbons (Fsp3) is 0.690. The summed E-state index contributed by atoms with van der Waals surface area (Å²) in [5, 5.41) is 22.2. The number of cyclic esters (lactones) is 1. The lowest BCUT2D eigenvalue weighted by atomic mass is 9.58. The van der Waals surface area contributed by atoms with Crippen molar-refractivity contribution in [3.8, 4) is 0 Å². The van der Waals surface area contributed by atoms with Crippen molar-refractivity contribution in [3.63, 3.8) is 0 Å². The monoisotopic (exact) mass is 517 g/mol. The Labute approximate surface area is 218 Å². The van der Waals surface area contributed by atoms with Gasteiger partial charge in [0.25, 0.3) is 0 Å². The number of hydrogen-bond donors (Lipinski definition) is 2. The van der Waals surface area contributed by atoms with Gasteiger partial charge in [-0.2, -0.15) is 0 Å². The molecule has 2 unspecified atom stereocenters. The molecule has 0 bridgehead atoms. The summed E-state index contributed by atoms with van der Waals surface area (Å²) < 4.78 is 26.9. The fourth-order valence-electron chi connectivity index (χ4n) is 6.07. The number of fused-ring (bicyclic) bond motifs is 1. The van der Waals surface area contributed by atoms with Crippen LogP contribution in [0, 0.1) is 17.3 Å². The van der Waals surface area contributed by atoms with Crippen molar-refractivity contribution in [2.45, 2.75) is 109 Å². The minimum absolute atomic E-state index is 0.103. The van der Waals surface area contributed by atoms with E-state index in [0.29, 0.717) is 31.4 Å². The van der Waals surface area contributed by atoms with Gasteiger partial charge in [0.2, 0.25) is 0 Å². The van der Waals surface area contributed by atoms with Crippen LogP contribution in [0.4, 0.5) is 4.39 Å². The molecule has 0 radical (unpaired) electrons. The molecule has 2 saturated heterocycles. The summed E-state index contributed by atoms with van der Waals surface area (Å²) in [7, 11) is 0. The van der Waals surface area contributed by atoms with E-state index in [2.05, 4.69) is 4.98 Å². The maximum Gasteiger partial charge on any atom is 0.309 e. The van der Waals surface area contributed by atoms with Crippen molar-refractivity contribution >= 4 is 17.8 Å². The molecule has 1 aliphatic carbocycles. The van der Waals surface area contributed by atoms with Crippen LogP contribution in [0.1, 0.15) is 84.3 Å². The molecule has 1 aromatic rings. The van der Waals surface area contributed by atoms with Crippen LogP contribution in [0.25, 0.3) is 6.08 Å². The van der Waals surface area contributed by atoms with Crippen molar-refractivity contribution in [2.75, 3.05) is 0 Å². The van der Waals surface area contributed by atoms with Gasteiger partial charge < -0.3 is 19.7 Å². The zero-order valence-electron chi connectivity index (χ0n) is 22.1. The smallest absolute Gasteiger partial charge is 0.309 e. The average molecular weight is 518 g/mol. The third-order valence-corrected chi connectivity index (χ3v) is 8.86. The van der Waals surface area contributed by atoms with Crippen LogP contribution in [0.15, 0.2) is 30.2 Å². The molecule has 7 nitrogen and oxygen atoms in total. The largest absolute Gasteiger partial charge is 0.455 e. The number of epoxide rings is 1. The van der Waals surface area contributed by atoms with Crippen LogP contribution >= 0.6 is 0 Å². The van der Waals surface area contributed by atoms with Crippen molar-refractivity contribution in [2.24, 2.45) is 17.3 Å². The standard InChI is InChI=1S/C29H40FNO6/c1-4-20-26(34)18(2)9-7-11-28(3)24(37-28)16-22(21(30)15-19-10-5-6-14-31-19)36-25(33)17-23(32)29(27(20)35)12-8-13-29/h5-6,10,14-15,18,20,22-24,26,32,34H,4,7-9,11-13,16-17H2,1-3H3/t18-,20+,22-,23-,24?,26-,28?/m0/s1. The van der Waals surface area contributed by atoms with E-state index in [1.54, 1.807) is 24.4 Å². The van der Waals surface area contributed by atoms with Crippen molar-refractivity contribution in [1.29, 1.82) is 0 Å². The highest BCUT2D eigenvalue weighted by molar-refractivity contribution is 5.89. The molecular formula is C29H40FNO6. The second kappa shape index (κ2) is 11.3. The van der Waals surface area contributed by atoms with Crippen LogP contribution < -0.4 is 0 Å². The number of esters is 1. The van der Waals surface area contributed by atoms with Gasteiger partial charge in [-0.15, -0.1) is 0 Å². The number of hydrogen-bond acceptors (Lipinski definition) is 7. The molecule has 1 saturated carbocycles. The second-order valence-electron chi connectivity index (χ2n) is 11.4. The number of nitrogens with zero attached hydrogens (tertiary/aromatic N) is 1. The SMILES string of the molecule is CC[C@H]1C(=O)C2(CCC2)[C@@H](O)CC(=O)O[C@H](C(F)=Cc2ccccn2)CC2OC2(C)CCC[C@H](C)[C@@H]1O. The van der Waals surface area contributed by atoms with E-state index in [1.165, 1.54) is 6.08 Å². The number of aromatic nitrogens is 1. The molecule has 4 rings (SSSR count). The summed E-state index contributed by atoms with van der Waals surface area (Å²) >= 11 is 0. The molecule has 0 aromatic carbocycles. The van der Waals surface area contributed by atoms with Gasteiger partial charge in [0.1, 0.15) is 11.6 Å². The number of carbonyl (C=O) groups is 2. The summed E-state index contributed by atoms with van der Waals surface area (Å²) in [6.45, 7) is 5.78. The van der Waals surface area contributed by atoms with Gasteiger partial charge in [0, 0.05) is 18.5 Å². The van der Waals surface area contributed by atoms with Crippen LogP contribution in [-0.2, 0) is 19.1 Å². The topological polar surface area (TPSA) is 109 Å². The molecule has 0 amide bonds. The lowest BCUT2D eigenvalue weighted by molar-refractivity contribution is -0.162. The number of carbonyl (C=O) groups excluding carboxylic acids is 2. The number of ether oxygens (including phenoxy) is 2. The molecule has 3 heterocycles. The summed E-state index contributed by atoms with van der Waals surface area (Å²) in [6.07, 6.45) is 3.36. The van der Waals surface area contributed by atoms with Crippen molar-refractivity contribution < 1.29 is 33.7 Å². The zero-order chi connectivity index (χ0) is 26.8. The number of aliphatic hydroxyl groups is 2. The average Bonchev–Trinajstić information content (AvgIpc) is 3.46. The van der Waals surface area contributed by atoms with Gasteiger partial charge in [-0.1, -0.05) is 32.8 Å². The normalized spacial score (nSPS) is 37.4. The number of rotatable bonds is 3. The first-order valence-electron chi connectivity index (χ1n) is 13.7. The quantitative estimate of drug-likeness (QED) is 0.447. The molecule has 8 heteroatoms. The van der Waals surface area contributed by atoms with Gasteiger partial charge in [-0.05, 0) is 63.2 Å². The van der Waals surface area contributed by atoms with E-state index in [1.807, 2.05) is 20.8 Å². The first-order valence-corrected chi connectivity index (χ1v) is 13.7. The van der Waals surface area contributed by atoms with E-state index in [-0.39, 0.29) is 24.2 Å². The zero-order valence-corrected chi connectivity index (χ0v) is 22.1. The predicted molar refractivity (Wildman–Crippen MR) is 136 cm³/mol. The van der Waals surface area contributed by atoms with Crippen molar-refractivity contribution in [3.05, 3.63) is 35.9 Å². The van der Waals surface area contributed by atoms with Gasteiger partial charge >= 0.3 is 5.97 Å². The molecule has 37 heavy (non-hydrogen) atoms. The summed E-state index contributed by atoms with van der Waals surface area (Å²) in [5.74, 6) is -2.30. The molecule has 1 spiro atoms. The molecule has 3 fully saturated rings. The Morgan fingerprint density at radius 3 is 2.59 bits per heavy atom. The Morgan fingerprint density at radius 2 is 1.97 bits per heavy atom. The van der Waals surface area contributed by atoms with Gasteiger partial charge in [-0.3, -0.25) is 14.6 Å². The van der Waals surface area contributed by atoms with E-state index >= 15 is 4.39 Å². The highest BCUT2D eigenvalue weighted by Crippen LogP contribution is 2.49. The van der Waals surface area contributed by atoms with E-state index < -0.39 is 53.5 Å². The van der Waals surface area contributed by atoms with E-state index in [0.717, 1.165) is 19.3 Å². The number of ketones is 1. The second-order valence-corrected chi connectivity index (χ2v) is 11.4. The summed E-state index contributed by atoms with van der Waals surface area (Å²) in [6, 6.07) is 5.13. The summed E-state index contributed by atoms with van der Waals surface area (Å²) in [4.78, 5) is 30.7. The minimum Gasteiger partial charge on any atom is -0.455 e. The predicted octanol–water partition coefficient (Wildman–Crippen LogP) is 4.55. The highest BCUT2D eigenvalue weighted by Gasteiger charge is 2.55. The molecule has 2 aliphatic heterocycles. The lowest BCUT2D eigenvalue weighted by Crippen LogP contribution is -2.53. The fourth-order valence-corrected chi connectivity index (χ4v) is 6.07. The number of halogens is 1. The maximum absolute atomic E-state index is 15.4. The third-order valence-electron chi connectivity index (χ3n) is 8.86. The Hall–Kier alpha value is -2.16. The molecular weight excluding hydrogens is 477 g/mol. The first kappa shape index (κ1) is 27.9. The lowest BCUT2D eigenvalue weighted by Gasteiger charge is -2.46. The van der Waals surface area contributed by atoms with E-state index in [9.17, 15) is 19.8 Å². The van der Waals surface area contributed by atoms with Crippen LogP contribution in [0.5, 0.6) is 0 Å². The number of aliphatic hydroxyl groups excluding tert-OH is 2. The maximum atomic E-state index is 15.4. The first-order chi connectivity index (χ1) is 17.6. The third kappa shape index (κ3) is 5.96. The molecule has 204 valence electrons. The molecule has 7 atom stereocenters. The Morgan fingerprint density at radius 1 is 1.22 bits per heavy atom. The number of pyridine rings is 1. The van der Waals surface area contributed by atoms with Gasteiger partial charge in [0.05, 0.1) is 41.4 Å². The Kier molecular flexibility index (Phi) is 8.51. The Bertz CT molecular complexity index is 995. The highest BCUT2D eigenvalue weighted by atomic mass is 19.1. The van der Waals surface area contributed by atoms with Crippen LogP contribution in [0.3, 0.4) is 0 Å². The van der Waals surface area contributed by atoms with Gasteiger partial charge in [-0.25, -0.2) is 4.39 Å². The summed E-state index contributed by atoms with van der Waals surface area (Å²) in [5.41, 5.74) is -1.14. The molecule has 3 aliphatic rings. The molecule has 1 aromatic heterocycles. The molecule has 2 N–H and O–H groups in total. The van der Waals surface area contributed by atoms with Gasteiger partial charge in [0.15, 0.2) is 6.10 Å².